The number of ether oxygens (including phenoxy) is 2. The number of carbonyl (C=O) groups excluding carboxylic acids is 2. The molecule has 22 heavy (non-hydrogen) atoms. The summed E-state index contributed by atoms with van der Waals surface area (Å²) in [5.74, 6) is -0.906. The fraction of sp³-hybridized carbons (Fsp3) is 0.176. The zero-order valence-corrected chi connectivity index (χ0v) is 11.6. The van der Waals surface area contributed by atoms with Crippen LogP contribution in [0.2, 0.25) is 0 Å². The van der Waals surface area contributed by atoms with Crippen LogP contribution in [0, 0.1) is 5.82 Å². The molecule has 0 saturated heterocycles. The van der Waals surface area contributed by atoms with E-state index in [2.05, 4.69) is 0 Å². The Morgan fingerprint density at radius 2 is 2.00 bits per heavy atom. The molecule has 1 aliphatic rings. The lowest BCUT2D eigenvalue weighted by Crippen LogP contribution is -2.29. The SMILES string of the molecule is O=C(COC(=O)[C@H]1Cc2ccccc2O1)c1cccc(F)c1. The molecule has 0 radical (unpaired) electrons. The molecule has 5 heteroatoms. The fourth-order valence-electron chi connectivity index (χ4n) is 2.29. The summed E-state index contributed by atoms with van der Waals surface area (Å²) in [5.41, 5.74) is 1.10. The Morgan fingerprint density at radius 1 is 1.18 bits per heavy atom. The van der Waals surface area contributed by atoms with Crippen molar-refractivity contribution in [1.29, 1.82) is 0 Å². The van der Waals surface area contributed by atoms with Gasteiger partial charge in [-0.2, -0.15) is 0 Å². The number of hydrogen-bond donors (Lipinski definition) is 0. The molecular weight excluding hydrogens is 287 g/mol. The second kappa shape index (κ2) is 5.97. The molecule has 1 aliphatic heterocycles. The van der Waals surface area contributed by atoms with Crippen LogP contribution in [-0.2, 0) is 16.0 Å². The normalized spacial score (nSPS) is 15.8. The summed E-state index contributed by atoms with van der Waals surface area (Å²) >= 11 is 0. The van der Waals surface area contributed by atoms with Gasteiger partial charge in [0.15, 0.2) is 18.5 Å². The summed E-state index contributed by atoms with van der Waals surface area (Å²) in [6.45, 7) is -0.432. The van der Waals surface area contributed by atoms with Crippen LogP contribution in [0.3, 0.4) is 0 Å². The molecule has 0 aliphatic carbocycles. The minimum absolute atomic E-state index is 0.170. The highest BCUT2D eigenvalue weighted by Gasteiger charge is 2.30. The minimum Gasteiger partial charge on any atom is -0.478 e. The molecule has 0 saturated carbocycles. The first-order valence-electron chi connectivity index (χ1n) is 6.83. The van der Waals surface area contributed by atoms with Crippen molar-refractivity contribution in [3.8, 4) is 5.75 Å². The van der Waals surface area contributed by atoms with Gasteiger partial charge in [0, 0.05) is 12.0 Å². The van der Waals surface area contributed by atoms with E-state index in [0.717, 1.165) is 11.6 Å². The van der Waals surface area contributed by atoms with Gasteiger partial charge in [0.1, 0.15) is 11.6 Å². The molecule has 0 unspecified atom stereocenters. The predicted molar refractivity (Wildman–Crippen MR) is 76.3 cm³/mol. The quantitative estimate of drug-likeness (QED) is 0.643. The Bertz CT molecular complexity index is 701. The Kier molecular flexibility index (Phi) is 3.87. The number of halogens is 1. The summed E-state index contributed by atoms with van der Waals surface area (Å²) in [4.78, 5) is 23.8. The molecule has 2 aromatic rings. The number of ketones is 1. The second-order valence-corrected chi connectivity index (χ2v) is 4.96. The molecule has 0 fully saturated rings. The molecule has 0 N–H and O–H groups in total. The summed E-state index contributed by atoms with van der Waals surface area (Å²) in [6.07, 6.45) is -0.318. The first kappa shape index (κ1) is 14.3. The highest BCUT2D eigenvalue weighted by atomic mass is 19.1. The smallest absolute Gasteiger partial charge is 0.348 e. The largest absolute Gasteiger partial charge is 0.478 e. The highest BCUT2D eigenvalue weighted by molar-refractivity contribution is 5.98. The maximum Gasteiger partial charge on any atom is 0.348 e. The van der Waals surface area contributed by atoms with E-state index in [0.29, 0.717) is 12.2 Å². The molecule has 1 heterocycles. The van der Waals surface area contributed by atoms with Gasteiger partial charge in [0.25, 0.3) is 0 Å². The molecule has 1 atom stereocenters. The van der Waals surface area contributed by atoms with Crippen molar-refractivity contribution < 1.29 is 23.5 Å². The lowest BCUT2D eigenvalue weighted by Gasteiger charge is -2.10. The molecule has 0 amide bonds. The van der Waals surface area contributed by atoms with Crippen LogP contribution in [-0.4, -0.2) is 24.5 Å². The minimum atomic E-state index is -0.738. The Labute approximate surface area is 126 Å². The third kappa shape index (κ3) is 2.98. The average Bonchev–Trinajstić information content (AvgIpc) is 2.96. The van der Waals surface area contributed by atoms with E-state index in [9.17, 15) is 14.0 Å². The number of hydrogen-bond acceptors (Lipinski definition) is 4. The molecule has 0 aromatic heterocycles. The van der Waals surface area contributed by atoms with Crippen LogP contribution >= 0.6 is 0 Å². The second-order valence-electron chi connectivity index (χ2n) is 4.96. The van der Waals surface area contributed by atoms with Crippen LogP contribution in [0.1, 0.15) is 15.9 Å². The number of fused-ring (bicyclic) bond motifs is 1. The molecular formula is C17H13FO4. The summed E-state index contributed by atoms with van der Waals surface area (Å²) in [7, 11) is 0. The van der Waals surface area contributed by atoms with Crippen molar-refractivity contribution in [3.63, 3.8) is 0 Å². The van der Waals surface area contributed by atoms with Crippen LogP contribution < -0.4 is 4.74 Å². The average molecular weight is 300 g/mol. The van der Waals surface area contributed by atoms with Gasteiger partial charge in [-0.25, -0.2) is 9.18 Å². The molecule has 0 bridgehead atoms. The van der Waals surface area contributed by atoms with Crippen LogP contribution in [0.4, 0.5) is 4.39 Å². The van der Waals surface area contributed by atoms with Gasteiger partial charge in [-0.3, -0.25) is 4.79 Å². The topological polar surface area (TPSA) is 52.6 Å². The van der Waals surface area contributed by atoms with Gasteiger partial charge in [0.2, 0.25) is 0 Å². The Balaban J connectivity index is 1.56. The van der Waals surface area contributed by atoms with Crippen molar-refractivity contribution in [2.24, 2.45) is 0 Å². The zero-order valence-electron chi connectivity index (χ0n) is 11.6. The fourth-order valence-corrected chi connectivity index (χ4v) is 2.29. The van der Waals surface area contributed by atoms with E-state index in [4.69, 9.17) is 9.47 Å². The molecule has 112 valence electrons. The summed E-state index contributed by atoms with van der Waals surface area (Å²) in [5, 5.41) is 0. The highest BCUT2D eigenvalue weighted by Crippen LogP contribution is 2.28. The number of Topliss-reactive ketones (excluding diaryl/α,β-unsaturated/α-hetero) is 1. The van der Waals surface area contributed by atoms with Crippen LogP contribution in [0.5, 0.6) is 5.75 Å². The van der Waals surface area contributed by atoms with Gasteiger partial charge in [0.05, 0.1) is 0 Å². The number of rotatable bonds is 4. The molecule has 4 nitrogen and oxygen atoms in total. The van der Waals surface area contributed by atoms with Crippen molar-refractivity contribution in [3.05, 3.63) is 65.5 Å². The third-order valence-corrected chi connectivity index (χ3v) is 3.40. The van der Waals surface area contributed by atoms with E-state index in [-0.39, 0.29) is 5.56 Å². The lowest BCUT2D eigenvalue weighted by atomic mass is 10.1. The maximum atomic E-state index is 13.0. The zero-order chi connectivity index (χ0) is 15.5. The van der Waals surface area contributed by atoms with Crippen LogP contribution in [0.15, 0.2) is 48.5 Å². The van der Waals surface area contributed by atoms with Crippen molar-refractivity contribution in [2.45, 2.75) is 12.5 Å². The van der Waals surface area contributed by atoms with E-state index in [1.54, 1.807) is 6.07 Å². The van der Waals surface area contributed by atoms with Gasteiger partial charge in [-0.1, -0.05) is 30.3 Å². The number of benzene rings is 2. The maximum absolute atomic E-state index is 13.0. The van der Waals surface area contributed by atoms with E-state index >= 15 is 0 Å². The van der Waals surface area contributed by atoms with Crippen molar-refractivity contribution in [2.75, 3.05) is 6.61 Å². The molecule has 2 aromatic carbocycles. The monoisotopic (exact) mass is 300 g/mol. The lowest BCUT2D eigenvalue weighted by molar-refractivity contribution is -0.149. The van der Waals surface area contributed by atoms with E-state index in [1.807, 2.05) is 18.2 Å². The van der Waals surface area contributed by atoms with Gasteiger partial charge in [-0.15, -0.1) is 0 Å². The number of carbonyl (C=O) groups is 2. The molecule has 3 rings (SSSR count). The van der Waals surface area contributed by atoms with E-state index in [1.165, 1.54) is 18.2 Å². The van der Waals surface area contributed by atoms with Gasteiger partial charge in [-0.05, 0) is 23.8 Å². The van der Waals surface area contributed by atoms with Gasteiger partial charge < -0.3 is 9.47 Å². The van der Waals surface area contributed by atoms with Crippen LogP contribution in [0.25, 0.3) is 0 Å². The number of esters is 1. The van der Waals surface area contributed by atoms with Crippen molar-refractivity contribution >= 4 is 11.8 Å². The third-order valence-electron chi connectivity index (χ3n) is 3.40. The Hall–Kier alpha value is -2.69. The van der Waals surface area contributed by atoms with Crippen molar-refractivity contribution in [1.82, 2.24) is 0 Å². The first-order chi connectivity index (χ1) is 10.6. The first-order valence-corrected chi connectivity index (χ1v) is 6.83. The molecule has 0 spiro atoms. The summed E-state index contributed by atoms with van der Waals surface area (Å²) < 4.78 is 23.5. The number of para-hydroxylation sites is 1. The van der Waals surface area contributed by atoms with Gasteiger partial charge >= 0.3 is 5.97 Å². The van der Waals surface area contributed by atoms with E-state index < -0.39 is 30.3 Å². The summed E-state index contributed by atoms with van der Waals surface area (Å²) in [6, 6.07) is 12.6. The predicted octanol–water partition coefficient (Wildman–Crippen LogP) is 2.56. The standard InChI is InChI=1S/C17H13FO4/c18-13-6-3-5-11(8-13)14(19)10-21-17(20)16-9-12-4-1-2-7-15(12)22-16/h1-8,16H,9-10H2/t16-/m1/s1. The Morgan fingerprint density at radius 3 is 2.77 bits per heavy atom.